The van der Waals surface area contributed by atoms with Gasteiger partial charge in [-0.05, 0) is 61.0 Å². The van der Waals surface area contributed by atoms with E-state index in [0.29, 0.717) is 21.1 Å². The van der Waals surface area contributed by atoms with Crippen LogP contribution in [0, 0.1) is 0 Å². The number of benzene rings is 1. The maximum Gasteiger partial charge on any atom is 0.340 e. The van der Waals surface area contributed by atoms with Gasteiger partial charge in [-0.25, -0.2) is 9.78 Å². The van der Waals surface area contributed by atoms with Gasteiger partial charge in [0.1, 0.15) is 10.2 Å². The Morgan fingerprint density at radius 2 is 1.96 bits per heavy atom. The van der Waals surface area contributed by atoms with Crippen LogP contribution in [0.2, 0.25) is 5.02 Å². The van der Waals surface area contributed by atoms with Gasteiger partial charge >= 0.3 is 5.97 Å². The highest BCUT2D eigenvalue weighted by Crippen LogP contribution is 2.38. The zero-order valence-corrected chi connectivity index (χ0v) is 17.2. The van der Waals surface area contributed by atoms with Crippen LogP contribution >= 0.6 is 27.5 Å². The van der Waals surface area contributed by atoms with Crippen LogP contribution < -0.4 is 4.74 Å². The molecule has 5 nitrogen and oxygen atoms in total. The summed E-state index contributed by atoms with van der Waals surface area (Å²) in [7, 11) is 1.55. The summed E-state index contributed by atoms with van der Waals surface area (Å²) < 4.78 is 11.5. The quantitative estimate of drug-likeness (QED) is 0.427. The van der Waals surface area contributed by atoms with Crippen molar-refractivity contribution >= 4 is 44.4 Å². The number of H-pyrrole nitrogens is 1. The van der Waals surface area contributed by atoms with E-state index in [-0.39, 0.29) is 0 Å². The van der Waals surface area contributed by atoms with Crippen LogP contribution in [-0.4, -0.2) is 28.6 Å². The first kappa shape index (κ1) is 18.7. The number of nitrogens with one attached hydrogen (secondary N) is 1. The second-order valence-corrected chi connectivity index (χ2v) is 7.99. The number of hydrogen-bond donors (Lipinski definition) is 1. The summed E-state index contributed by atoms with van der Waals surface area (Å²) in [6.45, 7) is 5.50. The molecule has 0 radical (unpaired) electrons. The average molecular weight is 438 g/mol. The topological polar surface area (TPSA) is 64.2 Å². The van der Waals surface area contributed by atoms with E-state index in [2.05, 4.69) is 25.9 Å². The number of ether oxygens (including phenoxy) is 2. The number of nitrogens with zero attached hydrogens (tertiary/aromatic N) is 1. The molecule has 0 fully saturated rings. The lowest BCUT2D eigenvalue weighted by Gasteiger charge is -2.19. The molecule has 7 heteroatoms. The van der Waals surface area contributed by atoms with Gasteiger partial charge < -0.3 is 14.5 Å². The molecule has 0 aliphatic rings. The van der Waals surface area contributed by atoms with Crippen LogP contribution in [0.4, 0.5) is 0 Å². The third-order valence-electron chi connectivity index (χ3n) is 3.70. The van der Waals surface area contributed by atoms with Crippen LogP contribution in [0.25, 0.3) is 22.0 Å². The van der Waals surface area contributed by atoms with Crippen molar-refractivity contribution in [2.75, 3.05) is 7.11 Å². The van der Waals surface area contributed by atoms with Gasteiger partial charge in [0.15, 0.2) is 0 Å². The number of rotatable bonds is 3. The van der Waals surface area contributed by atoms with E-state index >= 15 is 0 Å². The molecule has 3 rings (SSSR count). The van der Waals surface area contributed by atoms with Crippen molar-refractivity contribution < 1.29 is 14.3 Å². The summed E-state index contributed by atoms with van der Waals surface area (Å²) in [6.07, 6.45) is 1.63. The highest BCUT2D eigenvalue weighted by molar-refractivity contribution is 9.10. The molecule has 2 aromatic heterocycles. The molecule has 0 amide bonds. The van der Waals surface area contributed by atoms with Gasteiger partial charge in [-0.1, -0.05) is 11.6 Å². The second kappa shape index (κ2) is 6.93. The zero-order valence-electron chi connectivity index (χ0n) is 14.8. The van der Waals surface area contributed by atoms with Crippen molar-refractivity contribution in [3.8, 4) is 17.0 Å². The fraction of sp³-hybridized carbons (Fsp3) is 0.263. The lowest BCUT2D eigenvalue weighted by molar-refractivity contribution is 0.00719. The van der Waals surface area contributed by atoms with Crippen LogP contribution in [0.15, 0.2) is 35.1 Å². The molecule has 136 valence electrons. The van der Waals surface area contributed by atoms with Gasteiger partial charge in [-0.15, -0.1) is 0 Å². The molecule has 2 heterocycles. The first-order valence-corrected chi connectivity index (χ1v) is 9.11. The number of pyridine rings is 1. The molecular weight excluding hydrogens is 420 g/mol. The van der Waals surface area contributed by atoms with Crippen molar-refractivity contribution in [2.24, 2.45) is 0 Å². The Kier molecular flexibility index (Phi) is 4.99. The minimum absolute atomic E-state index is 0.391. The molecule has 0 atom stereocenters. The molecule has 0 unspecified atom stereocenters. The molecule has 1 aromatic carbocycles. The minimum Gasteiger partial charge on any atom is -0.481 e. The number of aromatic nitrogens is 2. The molecule has 0 aliphatic heterocycles. The van der Waals surface area contributed by atoms with Crippen LogP contribution in [0.3, 0.4) is 0 Å². The molecule has 0 saturated carbocycles. The number of fused-ring (bicyclic) bond motifs is 1. The number of esters is 1. The van der Waals surface area contributed by atoms with E-state index in [4.69, 9.17) is 21.1 Å². The number of carbonyl (C=O) groups excluding carboxylic acids is 1. The number of hydrogen-bond acceptors (Lipinski definition) is 4. The molecule has 1 N–H and O–H groups in total. The number of methoxy groups -OCH3 is 1. The first-order chi connectivity index (χ1) is 12.2. The second-order valence-electron chi connectivity index (χ2n) is 6.77. The third kappa shape index (κ3) is 3.71. The Balaban J connectivity index is 2.15. The summed E-state index contributed by atoms with van der Waals surface area (Å²) in [4.78, 5) is 19.9. The van der Waals surface area contributed by atoms with Gasteiger partial charge in [0.25, 0.3) is 0 Å². The molecule has 0 bridgehead atoms. The van der Waals surface area contributed by atoms with E-state index in [0.717, 1.165) is 22.0 Å². The van der Waals surface area contributed by atoms with E-state index in [1.807, 2.05) is 39.0 Å². The molecule has 0 saturated heterocycles. The number of aromatic amines is 1. The molecule has 26 heavy (non-hydrogen) atoms. The smallest absolute Gasteiger partial charge is 0.340 e. The lowest BCUT2D eigenvalue weighted by atomic mass is 10.0. The van der Waals surface area contributed by atoms with Crippen molar-refractivity contribution in [1.29, 1.82) is 0 Å². The first-order valence-electron chi connectivity index (χ1n) is 7.94. The van der Waals surface area contributed by atoms with Crippen molar-refractivity contribution in [3.63, 3.8) is 0 Å². The number of halogens is 2. The largest absolute Gasteiger partial charge is 0.481 e. The van der Waals surface area contributed by atoms with Gasteiger partial charge in [0, 0.05) is 28.2 Å². The van der Waals surface area contributed by atoms with Gasteiger partial charge in [0.2, 0.25) is 5.88 Å². The SMILES string of the molecule is COc1nc(Br)ccc1-c1cc2c(C(=O)OC(C)(C)C)c[nH]c2cc1Cl. The van der Waals surface area contributed by atoms with E-state index in [1.54, 1.807) is 19.4 Å². The Morgan fingerprint density at radius 3 is 2.62 bits per heavy atom. The fourth-order valence-corrected chi connectivity index (χ4v) is 3.19. The standard InChI is InChI=1S/C19H18BrClN2O3/c1-19(2,3)26-18(24)13-9-22-15-8-14(21)11(7-12(13)15)10-5-6-16(20)23-17(10)25-4/h5-9,22H,1-4H3. The zero-order chi connectivity index (χ0) is 19.1. The predicted molar refractivity (Wildman–Crippen MR) is 106 cm³/mol. The van der Waals surface area contributed by atoms with Gasteiger partial charge in [-0.3, -0.25) is 0 Å². The fourth-order valence-electron chi connectivity index (χ4n) is 2.63. The van der Waals surface area contributed by atoms with Crippen molar-refractivity contribution in [3.05, 3.63) is 45.7 Å². The normalized spacial score (nSPS) is 11.6. The Morgan fingerprint density at radius 1 is 1.23 bits per heavy atom. The van der Waals surface area contributed by atoms with Crippen LogP contribution in [-0.2, 0) is 4.74 Å². The van der Waals surface area contributed by atoms with Gasteiger partial charge in [0.05, 0.1) is 17.7 Å². The Labute approximate surface area is 164 Å². The summed E-state index contributed by atoms with van der Waals surface area (Å²) >= 11 is 9.80. The molecular formula is C19H18BrClN2O3. The van der Waals surface area contributed by atoms with Crippen LogP contribution in [0.5, 0.6) is 5.88 Å². The molecule has 0 aliphatic carbocycles. The monoisotopic (exact) mass is 436 g/mol. The average Bonchev–Trinajstić information content (AvgIpc) is 2.95. The van der Waals surface area contributed by atoms with Crippen molar-refractivity contribution in [1.82, 2.24) is 9.97 Å². The highest BCUT2D eigenvalue weighted by atomic mass is 79.9. The minimum atomic E-state index is -0.575. The molecule has 3 aromatic rings. The van der Waals surface area contributed by atoms with Crippen LogP contribution in [0.1, 0.15) is 31.1 Å². The highest BCUT2D eigenvalue weighted by Gasteiger charge is 2.22. The van der Waals surface area contributed by atoms with E-state index in [1.165, 1.54) is 0 Å². The summed E-state index contributed by atoms with van der Waals surface area (Å²) in [5.41, 5.74) is 2.09. The summed E-state index contributed by atoms with van der Waals surface area (Å²) in [6, 6.07) is 7.30. The maximum atomic E-state index is 12.5. The third-order valence-corrected chi connectivity index (χ3v) is 4.45. The number of carbonyl (C=O) groups is 1. The predicted octanol–water partition coefficient (Wildman–Crippen LogP) is 5.61. The Hall–Kier alpha value is -2.05. The Bertz CT molecular complexity index is 992. The van der Waals surface area contributed by atoms with E-state index in [9.17, 15) is 4.79 Å². The maximum absolute atomic E-state index is 12.5. The van der Waals surface area contributed by atoms with Crippen molar-refractivity contribution in [2.45, 2.75) is 26.4 Å². The van der Waals surface area contributed by atoms with Gasteiger partial charge in [-0.2, -0.15) is 0 Å². The summed E-state index contributed by atoms with van der Waals surface area (Å²) in [5.74, 6) is 0.0490. The summed E-state index contributed by atoms with van der Waals surface area (Å²) in [5, 5.41) is 1.25. The van der Waals surface area contributed by atoms with E-state index < -0.39 is 11.6 Å². The lowest BCUT2D eigenvalue weighted by Crippen LogP contribution is -2.23. The molecule has 0 spiro atoms.